The summed E-state index contributed by atoms with van der Waals surface area (Å²) in [6, 6.07) is 4.00. The van der Waals surface area contributed by atoms with Crippen molar-refractivity contribution in [2.75, 3.05) is 14.2 Å². The van der Waals surface area contributed by atoms with Gasteiger partial charge in [0.05, 0.1) is 14.2 Å². The predicted molar refractivity (Wildman–Crippen MR) is 72.7 cm³/mol. The van der Waals surface area contributed by atoms with Gasteiger partial charge in [0.1, 0.15) is 17.8 Å². The molecule has 0 N–H and O–H groups in total. The largest absolute Gasteiger partial charge is 0.496 e. The molecule has 1 aromatic carbocycles. The molecule has 1 rings (SSSR count). The standard InChI is InChI=1S/C15H22O3/c1-10(2)12-8-15(18-5)13(9-14(12)17-4)11(3)6-7-16/h7-11H,6H2,1-5H3. The first-order valence-corrected chi connectivity index (χ1v) is 6.24. The van der Waals surface area contributed by atoms with Crippen molar-refractivity contribution >= 4 is 6.29 Å². The first-order chi connectivity index (χ1) is 8.54. The molecule has 1 atom stereocenters. The van der Waals surface area contributed by atoms with Crippen LogP contribution in [0.5, 0.6) is 11.5 Å². The Labute approximate surface area is 109 Å². The monoisotopic (exact) mass is 250 g/mol. The Morgan fingerprint density at radius 2 is 1.56 bits per heavy atom. The lowest BCUT2D eigenvalue weighted by atomic mass is 9.92. The van der Waals surface area contributed by atoms with Crippen LogP contribution in [0.2, 0.25) is 0 Å². The molecule has 1 unspecified atom stereocenters. The minimum Gasteiger partial charge on any atom is -0.496 e. The zero-order valence-corrected chi connectivity index (χ0v) is 11.8. The fraction of sp³-hybridized carbons (Fsp3) is 0.533. The molecule has 0 fully saturated rings. The second kappa shape index (κ2) is 6.43. The number of benzene rings is 1. The van der Waals surface area contributed by atoms with Gasteiger partial charge in [0.25, 0.3) is 0 Å². The number of hydrogen-bond donors (Lipinski definition) is 0. The first kappa shape index (κ1) is 14.6. The topological polar surface area (TPSA) is 35.5 Å². The van der Waals surface area contributed by atoms with Gasteiger partial charge >= 0.3 is 0 Å². The number of hydrogen-bond acceptors (Lipinski definition) is 3. The van der Waals surface area contributed by atoms with Crippen molar-refractivity contribution in [1.29, 1.82) is 0 Å². The van der Waals surface area contributed by atoms with Gasteiger partial charge in [-0.3, -0.25) is 0 Å². The fourth-order valence-electron chi connectivity index (χ4n) is 2.05. The van der Waals surface area contributed by atoms with Crippen LogP contribution in [0, 0.1) is 0 Å². The van der Waals surface area contributed by atoms with E-state index in [-0.39, 0.29) is 5.92 Å². The average Bonchev–Trinajstić information content (AvgIpc) is 2.37. The van der Waals surface area contributed by atoms with Crippen molar-refractivity contribution in [3.63, 3.8) is 0 Å². The summed E-state index contributed by atoms with van der Waals surface area (Å²) in [5.74, 6) is 2.18. The van der Waals surface area contributed by atoms with Gasteiger partial charge in [-0.15, -0.1) is 0 Å². The zero-order valence-electron chi connectivity index (χ0n) is 11.8. The highest BCUT2D eigenvalue weighted by Crippen LogP contribution is 2.37. The number of methoxy groups -OCH3 is 2. The van der Waals surface area contributed by atoms with Crippen LogP contribution >= 0.6 is 0 Å². The van der Waals surface area contributed by atoms with Crippen LogP contribution in [0.4, 0.5) is 0 Å². The van der Waals surface area contributed by atoms with Gasteiger partial charge in [0.2, 0.25) is 0 Å². The fourth-order valence-corrected chi connectivity index (χ4v) is 2.05. The highest BCUT2D eigenvalue weighted by atomic mass is 16.5. The summed E-state index contributed by atoms with van der Waals surface area (Å²) in [6.07, 6.45) is 1.42. The van der Waals surface area contributed by atoms with Crippen molar-refractivity contribution in [2.24, 2.45) is 0 Å². The van der Waals surface area contributed by atoms with Crippen LogP contribution < -0.4 is 9.47 Å². The number of ether oxygens (including phenoxy) is 2. The second-order valence-corrected chi connectivity index (χ2v) is 4.79. The number of carbonyl (C=O) groups excluding carboxylic acids is 1. The third-order valence-electron chi connectivity index (χ3n) is 3.18. The molecule has 0 aliphatic heterocycles. The molecule has 1 aromatic rings. The van der Waals surface area contributed by atoms with Crippen molar-refractivity contribution in [3.05, 3.63) is 23.3 Å². The maximum atomic E-state index is 10.6. The third-order valence-corrected chi connectivity index (χ3v) is 3.18. The normalized spacial score (nSPS) is 12.3. The highest BCUT2D eigenvalue weighted by Gasteiger charge is 2.17. The average molecular weight is 250 g/mol. The zero-order chi connectivity index (χ0) is 13.7. The summed E-state index contributed by atoms with van der Waals surface area (Å²) in [4.78, 5) is 10.6. The summed E-state index contributed by atoms with van der Waals surface area (Å²) in [5.41, 5.74) is 2.14. The smallest absolute Gasteiger partial charge is 0.122 e. The Kier molecular flexibility index (Phi) is 5.20. The number of rotatable bonds is 6. The van der Waals surface area contributed by atoms with Crippen LogP contribution in [-0.4, -0.2) is 20.5 Å². The number of carbonyl (C=O) groups is 1. The highest BCUT2D eigenvalue weighted by molar-refractivity contribution is 5.55. The second-order valence-electron chi connectivity index (χ2n) is 4.79. The van der Waals surface area contributed by atoms with E-state index in [0.717, 1.165) is 28.9 Å². The SMILES string of the molecule is COc1cc(C(C)CC=O)c(OC)cc1C(C)C. The molecule has 0 aliphatic carbocycles. The van der Waals surface area contributed by atoms with E-state index in [1.807, 2.05) is 19.1 Å². The van der Waals surface area contributed by atoms with E-state index < -0.39 is 0 Å². The molecule has 0 spiro atoms. The molecule has 0 saturated carbocycles. The molecule has 18 heavy (non-hydrogen) atoms. The Bertz CT molecular complexity index is 410. The quantitative estimate of drug-likeness (QED) is 0.725. The molecule has 0 bridgehead atoms. The Hall–Kier alpha value is -1.51. The number of aldehydes is 1. The third kappa shape index (κ3) is 3.03. The molecule has 3 nitrogen and oxygen atoms in total. The lowest BCUT2D eigenvalue weighted by molar-refractivity contribution is -0.108. The van der Waals surface area contributed by atoms with Gasteiger partial charge in [-0.25, -0.2) is 0 Å². The van der Waals surface area contributed by atoms with Gasteiger partial charge in [-0.1, -0.05) is 20.8 Å². The molecule has 0 heterocycles. The molecule has 0 aliphatic rings. The van der Waals surface area contributed by atoms with E-state index in [0.29, 0.717) is 12.3 Å². The van der Waals surface area contributed by atoms with Crippen molar-refractivity contribution in [2.45, 2.75) is 39.0 Å². The summed E-state index contributed by atoms with van der Waals surface area (Å²) < 4.78 is 10.9. The van der Waals surface area contributed by atoms with Gasteiger partial charge in [-0.05, 0) is 24.0 Å². The summed E-state index contributed by atoms with van der Waals surface area (Å²) in [7, 11) is 3.32. The molecule has 0 saturated heterocycles. The minimum atomic E-state index is 0.132. The van der Waals surface area contributed by atoms with Gasteiger partial charge in [0, 0.05) is 17.5 Å². The molecular weight excluding hydrogens is 228 g/mol. The van der Waals surface area contributed by atoms with Crippen molar-refractivity contribution in [1.82, 2.24) is 0 Å². The van der Waals surface area contributed by atoms with Crippen LogP contribution in [0.15, 0.2) is 12.1 Å². The maximum absolute atomic E-state index is 10.6. The first-order valence-electron chi connectivity index (χ1n) is 6.24. The van der Waals surface area contributed by atoms with Crippen LogP contribution in [0.3, 0.4) is 0 Å². The summed E-state index contributed by atoms with van der Waals surface area (Å²) in [6.45, 7) is 6.25. The van der Waals surface area contributed by atoms with E-state index in [1.54, 1.807) is 14.2 Å². The Balaban J connectivity index is 3.29. The molecule has 0 aromatic heterocycles. The van der Waals surface area contributed by atoms with E-state index >= 15 is 0 Å². The van der Waals surface area contributed by atoms with E-state index in [2.05, 4.69) is 13.8 Å². The van der Waals surface area contributed by atoms with E-state index in [4.69, 9.17) is 9.47 Å². The molecular formula is C15H22O3. The molecule has 3 heteroatoms. The summed E-state index contributed by atoms with van der Waals surface area (Å²) >= 11 is 0. The van der Waals surface area contributed by atoms with E-state index in [9.17, 15) is 4.79 Å². The molecule has 0 amide bonds. The lowest BCUT2D eigenvalue weighted by Crippen LogP contribution is -2.03. The van der Waals surface area contributed by atoms with Gasteiger partial charge in [-0.2, -0.15) is 0 Å². The predicted octanol–water partition coefficient (Wildman–Crippen LogP) is 3.52. The van der Waals surface area contributed by atoms with Crippen LogP contribution in [-0.2, 0) is 4.79 Å². The minimum absolute atomic E-state index is 0.132. The molecule has 100 valence electrons. The van der Waals surface area contributed by atoms with Gasteiger partial charge < -0.3 is 14.3 Å². The Morgan fingerprint density at radius 3 is 2.00 bits per heavy atom. The van der Waals surface area contributed by atoms with E-state index in [1.165, 1.54) is 0 Å². The van der Waals surface area contributed by atoms with Crippen molar-refractivity contribution < 1.29 is 14.3 Å². The summed E-state index contributed by atoms with van der Waals surface area (Å²) in [5, 5.41) is 0. The Morgan fingerprint density at radius 1 is 1.06 bits per heavy atom. The van der Waals surface area contributed by atoms with Crippen LogP contribution in [0.25, 0.3) is 0 Å². The van der Waals surface area contributed by atoms with Crippen LogP contribution in [0.1, 0.15) is 50.2 Å². The lowest BCUT2D eigenvalue weighted by Gasteiger charge is -2.19. The van der Waals surface area contributed by atoms with Crippen molar-refractivity contribution in [3.8, 4) is 11.5 Å². The molecule has 0 radical (unpaired) electrons. The maximum Gasteiger partial charge on any atom is 0.122 e. The van der Waals surface area contributed by atoms with Gasteiger partial charge in [0.15, 0.2) is 0 Å².